The summed E-state index contributed by atoms with van der Waals surface area (Å²) in [4.78, 5) is 11.5. The normalized spacial score (nSPS) is 23.1. The van der Waals surface area contributed by atoms with Crippen molar-refractivity contribution in [1.29, 1.82) is 0 Å². The molecule has 7 nitrogen and oxygen atoms in total. The number of hydrogen-bond donors (Lipinski definition) is 4. The van der Waals surface area contributed by atoms with Crippen LogP contribution in [0.3, 0.4) is 0 Å². The third kappa shape index (κ3) is 5.15. The summed E-state index contributed by atoms with van der Waals surface area (Å²) < 4.78 is 65.5. The molecule has 0 unspecified atom stereocenters. The molecule has 28 heavy (non-hydrogen) atoms. The minimum absolute atomic E-state index is 0.232. The van der Waals surface area contributed by atoms with Gasteiger partial charge in [0, 0.05) is 6.04 Å². The van der Waals surface area contributed by atoms with Gasteiger partial charge in [-0.25, -0.2) is 13.1 Å². The van der Waals surface area contributed by atoms with E-state index in [0.717, 1.165) is 18.2 Å². The number of sulfonamides is 1. The first-order valence-corrected chi connectivity index (χ1v) is 10.2. The Balaban J connectivity index is 2.14. The van der Waals surface area contributed by atoms with E-state index in [9.17, 15) is 36.6 Å². The van der Waals surface area contributed by atoms with Crippen LogP contribution in [0.15, 0.2) is 23.1 Å². The molecule has 0 aliphatic heterocycles. The lowest BCUT2D eigenvalue weighted by molar-refractivity contribution is -0.242. The van der Waals surface area contributed by atoms with Gasteiger partial charge in [-0.3, -0.25) is 4.79 Å². The van der Waals surface area contributed by atoms with Gasteiger partial charge in [-0.15, -0.1) is 0 Å². The molecule has 0 aromatic heterocycles. The maximum absolute atomic E-state index is 12.7. The predicted molar refractivity (Wildman–Crippen MR) is 95.3 cm³/mol. The first-order chi connectivity index (χ1) is 12.7. The molecule has 1 aromatic carbocycles. The number of halogens is 4. The fraction of sp³-hybridized carbons (Fsp3) is 0.562. The number of carbonyl (C=O) groups excluding carboxylic acids is 1. The number of amides is 1. The van der Waals surface area contributed by atoms with Gasteiger partial charge < -0.3 is 15.5 Å². The molecule has 1 saturated carbocycles. The average molecular weight is 445 g/mol. The van der Waals surface area contributed by atoms with Crippen LogP contribution in [0, 0.1) is 0 Å². The van der Waals surface area contributed by atoms with E-state index in [1.54, 1.807) is 0 Å². The van der Waals surface area contributed by atoms with E-state index >= 15 is 0 Å². The molecule has 12 heteroatoms. The maximum atomic E-state index is 12.7. The summed E-state index contributed by atoms with van der Waals surface area (Å²) in [6.45, 7) is 0.292. The zero-order valence-electron chi connectivity index (χ0n) is 14.8. The molecule has 0 spiro atoms. The fourth-order valence-corrected chi connectivity index (χ4v) is 4.24. The van der Waals surface area contributed by atoms with Gasteiger partial charge in [-0.05, 0) is 50.8 Å². The molecule has 0 radical (unpaired) electrons. The monoisotopic (exact) mass is 444 g/mol. The zero-order valence-corrected chi connectivity index (χ0v) is 16.3. The Hall–Kier alpha value is -1.40. The number of aliphatic hydroxyl groups excluding tert-OH is 1. The highest BCUT2D eigenvalue weighted by atomic mass is 35.5. The number of anilines is 1. The summed E-state index contributed by atoms with van der Waals surface area (Å²) in [7, 11) is -3.95. The molecular formula is C16H20ClF3N2O5S. The number of alkyl halides is 3. The molecule has 0 saturated heterocycles. The number of nitrogens with one attached hydrogen (secondary N) is 2. The van der Waals surface area contributed by atoms with E-state index in [0.29, 0.717) is 32.6 Å². The summed E-state index contributed by atoms with van der Waals surface area (Å²) in [5.74, 6) is -1.75. The van der Waals surface area contributed by atoms with Crippen LogP contribution >= 0.6 is 11.6 Å². The molecule has 1 aliphatic carbocycles. The van der Waals surface area contributed by atoms with Crippen LogP contribution in [0.1, 0.15) is 32.6 Å². The zero-order chi connectivity index (χ0) is 21.3. The molecule has 158 valence electrons. The predicted octanol–water partition coefficient (Wildman–Crippen LogP) is 2.17. The minimum atomic E-state index is -5.20. The number of aliphatic hydroxyl groups is 2. The van der Waals surface area contributed by atoms with E-state index < -0.39 is 33.8 Å². The molecule has 4 N–H and O–H groups in total. The Morgan fingerprint density at radius 1 is 1.21 bits per heavy atom. The topological polar surface area (TPSA) is 116 Å². The standard InChI is InChI=1S/C16H20ClF3N2O5S/c1-15(25,16(18,19)20)14(24)21-13-7-6-11(8-12(13)17)28(26,27)22-9-2-4-10(23)5-3-9/h6-10,22-23,25H,2-5H2,1H3,(H,21,24)/t9-,10-,15-/m1/s1. The van der Waals surface area contributed by atoms with Crippen molar-refractivity contribution in [2.24, 2.45) is 0 Å². The van der Waals surface area contributed by atoms with Crippen LogP contribution in [-0.2, 0) is 14.8 Å². The SMILES string of the molecule is C[C@@](O)(C(=O)Nc1ccc(S(=O)(=O)N[C@H]2CC[C@H](O)CC2)cc1Cl)C(F)(F)F. The Bertz CT molecular complexity index is 837. The van der Waals surface area contributed by atoms with Crippen LogP contribution in [-0.4, -0.2) is 48.5 Å². The van der Waals surface area contributed by atoms with Crippen molar-refractivity contribution in [3.63, 3.8) is 0 Å². The minimum Gasteiger partial charge on any atom is -0.393 e. The quantitative estimate of drug-likeness (QED) is 0.555. The van der Waals surface area contributed by atoms with E-state index in [-0.39, 0.29) is 21.6 Å². The summed E-state index contributed by atoms with van der Waals surface area (Å²) in [5, 5.41) is 20.4. The Morgan fingerprint density at radius 2 is 1.79 bits per heavy atom. The van der Waals surface area contributed by atoms with E-state index in [1.807, 2.05) is 5.32 Å². The van der Waals surface area contributed by atoms with Crippen molar-refractivity contribution in [2.75, 3.05) is 5.32 Å². The smallest absolute Gasteiger partial charge is 0.393 e. The third-order valence-electron chi connectivity index (χ3n) is 4.51. The second-order valence-electron chi connectivity index (χ2n) is 6.79. The van der Waals surface area contributed by atoms with Gasteiger partial charge in [0.15, 0.2) is 0 Å². The van der Waals surface area contributed by atoms with Crippen LogP contribution in [0.25, 0.3) is 0 Å². The van der Waals surface area contributed by atoms with E-state index in [4.69, 9.17) is 11.6 Å². The second-order valence-corrected chi connectivity index (χ2v) is 8.91. The number of benzene rings is 1. The van der Waals surface area contributed by atoms with Gasteiger partial charge in [0.05, 0.1) is 21.7 Å². The first-order valence-electron chi connectivity index (χ1n) is 8.34. The lowest BCUT2D eigenvalue weighted by Crippen LogP contribution is -2.52. The molecule has 1 aliphatic rings. The molecule has 0 heterocycles. The molecule has 1 aromatic rings. The van der Waals surface area contributed by atoms with Gasteiger partial charge in [-0.2, -0.15) is 13.2 Å². The fourth-order valence-electron chi connectivity index (χ4n) is 2.62. The van der Waals surface area contributed by atoms with Crippen LogP contribution in [0.2, 0.25) is 5.02 Å². The highest BCUT2D eigenvalue weighted by Crippen LogP contribution is 2.33. The Morgan fingerprint density at radius 3 is 2.29 bits per heavy atom. The lowest BCUT2D eigenvalue weighted by Gasteiger charge is -2.26. The lowest BCUT2D eigenvalue weighted by atomic mass is 9.94. The van der Waals surface area contributed by atoms with E-state index in [2.05, 4.69) is 4.72 Å². The highest BCUT2D eigenvalue weighted by Gasteiger charge is 2.55. The van der Waals surface area contributed by atoms with Crippen molar-refractivity contribution < 1.29 is 36.6 Å². The Kier molecular flexibility index (Phi) is 6.66. The summed E-state index contributed by atoms with van der Waals surface area (Å²) in [6.07, 6.45) is -3.78. The van der Waals surface area contributed by atoms with Gasteiger partial charge in [0.2, 0.25) is 15.6 Å². The molecule has 1 atom stereocenters. The van der Waals surface area contributed by atoms with Gasteiger partial charge >= 0.3 is 6.18 Å². The van der Waals surface area contributed by atoms with Crippen molar-refractivity contribution >= 4 is 33.2 Å². The maximum Gasteiger partial charge on any atom is 0.426 e. The van der Waals surface area contributed by atoms with Crippen LogP contribution in [0.4, 0.5) is 18.9 Å². The summed E-state index contributed by atoms with van der Waals surface area (Å²) in [6, 6.07) is 2.74. The van der Waals surface area contributed by atoms with Crippen molar-refractivity contribution in [3.05, 3.63) is 23.2 Å². The first kappa shape index (κ1) is 22.9. The molecule has 0 bridgehead atoms. The van der Waals surface area contributed by atoms with Gasteiger partial charge in [0.25, 0.3) is 5.91 Å². The van der Waals surface area contributed by atoms with Crippen molar-refractivity contribution in [2.45, 2.75) is 61.4 Å². The molecule has 1 fully saturated rings. The highest BCUT2D eigenvalue weighted by molar-refractivity contribution is 7.89. The molecular weight excluding hydrogens is 425 g/mol. The molecule has 2 rings (SSSR count). The average Bonchev–Trinajstić information content (AvgIpc) is 2.57. The summed E-state index contributed by atoms with van der Waals surface area (Å²) in [5.41, 5.74) is -3.93. The largest absolute Gasteiger partial charge is 0.426 e. The van der Waals surface area contributed by atoms with Crippen molar-refractivity contribution in [3.8, 4) is 0 Å². The van der Waals surface area contributed by atoms with E-state index in [1.165, 1.54) is 0 Å². The van der Waals surface area contributed by atoms with Gasteiger partial charge in [0.1, 0.15) is 0 Å². The Labute approximate surface area is 164 Å². The molecule has 1 amide bonds. The third-order valence-corrected chi connectivity index (χ3v) is 6.34. The van der Waals surface area contributed by atoms with Crippen LogP contribution < -0.4 is 10.0 Å². The number of hydrogen-bond acceptors (Lipinski definition) is 5. The van der Waals surface area contributed by atoms with Crippen molar-refractivity contribution in [1.82, 2.24) is 4.72 Å². The second kappa shape index (κ2) is 8.15. The summed E-state index contributed by atoms with van der Waals surface area (Å²) >= 11 is 5.90. The van der Waals surface area contributed by atoms with Gasteiger partial charge in [-0.1, -0.05) is 11.6 Å². The number of carbonyl (C=O) groups is 1. The number of rotatable bonds is 5. The van der Waals surface area contributed by atoms with Crippen LogP contribution in [0.5, 0.6) is 0 Å².